The van der Waals surface area contributed by atoms with E-state index < -0.39 is 6.03 Å². The first-order valence-corrected chi connectivity index (χ1v) is 8.14. The molecule has 0 radical (unpaired) electrons. The Bertz CT molecular complexity index is 388. The summed E-state index contributed by atoms with van der Waals surface area (Å²) in [5.74, 6) is -0.240. The van der Waals surface area contributed by atoms with Crippen LogP contribution in [0.4, 0.5) is 4.79 Å². The van der Waals surface area contributed by atoms with Crippen molar-refractivity contribution in [1.82, 2.24) is 20.4 Å². The lowest BCUT2D eigenvalue weighted by molar-refractivity contribution is -0.125. The molecule has 0 aromatic carbocycles. The van der Waals surface area contributed by atoms with Crippen LogP contribution in [0.5, 0.6) is 0 Å². The minimum Gasteiger partial charge on any atom is -0.380 e. The second-order valence-electron chi connectivity index (χ2n) is 6.38. The second-order valence-corrected chi connectivity index (χ2v) is 6.38. The van der Waals surface area contributed by atoms with Crippen LogP contribution in [0.3, 0.4) is 0 Å². The van der Waals surface area contributed by atoms with Gasteiger partial charge in [-0.3, -0.25) is 19.9 Å². The number of nitrogens with zero attached hydrogens (tertiary/aromatic N) is 2. The van der Waals surface area contributed by atoms with Gasteiger partial charge in [-0.2, -0.15) is 0 Å². The van der Waals surface area contributed by atoms with Crippen molar-refractivity contribution in [3.05, 3.63) is 0 Å². The van der Waals surface area contributed by atoms with Crippen molar-refractivity contribution in [1.29, 1.82) is 0 Å². The van der Waals surface area contributed by atoms with Crippen molar-refractivity contribution in [3.63, 3.8) is 0 Å². The largest absolute Gasteiger partial charge is 0.380 e. The van der Waals surface area contributed by atoms with Gasteiger partial charge in [0.15, 0.2) is 0 Å². The molecule has 2 atom stereocenters. The van der Waals surface area contributed by atoms with Crippen molar-refractivity contribution in [2.75, 3.05) is 39.4 Å². The number of hydrogen-bond acceptors (Lipinski definition) is 5. The number of urea groups is 1. The molecule has 2 rings (SSSR count). The van der Waals surface area contributed by atoms with Crippen molar-refractivity contribution in [3.8, 4) is 0 Å². The molecule has 2 aliphatic rings. The third-order valence-corrected chi connectivity index (χ3v) is 4.35. The fourth-order valence-electron chi connectivity index (χ4n) is 2.98. The van der Waals surface area contributed by atoms with E-state index in [4.69, 9.17) is 4.74 Å². The van der Waals surface area contributed by atoms with E-state index in [9.17, 15) is 9.59 Å². The minimum absolute atomic E-state index is 0.0141. The highest BCUT2D eigenvalue weighted by Gasteiger charge is 2.30. The van der Waals surface area contributed by atoms with Gasteiger partial charge in [0.05, 0.1) is 12.6 Å². The van der Waals surface area contributed by atoms with E-state index in [0.717, 1.165) is 45.8 Å². The molecule has 2 N–H and O–H groups in total. The van der Waals surface area contributed by atoms with E-state index in [2.05, 4.69) is 20.4 Å². The summed E-state index contributed by atoms with van der Waals surface area (Å²) < 4.78 is 5.43. The third-order valence-electron chi connectivity index (χ3n) is 4.35. The zero-order chi connectivity index (χ0) is 16.1. The molecular formula is C15H28N4O3. The number of ether oxygens (including phenoxy) is 1. The molecule has 126 valence electrons. The number of nitrogens with one attached hydrogen (secondary N) is 2. The van der Waals surface area contributed by atoms with Crippen LogP contribution < -0.4 is 10.6 Å². The Morgan fingerprint density at radius 1 is 1.14 bits per heavy atom. The van der Waals surface area contributed by atoms with Crippen LogP contribution in [0.2, 0.25) is 0 Å². The van der Waals surface area contributed by atoms with Gasteiger partial charge < -0.3 is 10.1 Å². The maximum atomic E-state index is 12.1. The number of hydrogen-bond donors (Lipinski definition) is 2. The van der Waals surface area contributed by atoms with Gasteiger partial charge in [-0.1, -0.05) is 0 Å². The summed E-state index contributed by atoms with van der Waals surface area (Å²) in [6.07, 6.45) is 1.10. The van der Waals surface area contributed by atoms with E-state index >= 15 is 0 Å². The molecule has 2 saturated heterocycles. The first-order chi connectivity index (χ1) is 10.5. The number of carbonyl (C=O) groups excluding carboxylic acids is 2. The van der Waals surface area contributed by atoms with Crippen LogP contribution in [-0.2, 0) is 9.53 Å². The summed E-state index contributed by atoms with van der Waals surface area (Å²) in [7, 11) is 0. The number of amides is 3. The fourth-order valence-corrected chi connectivity index (χ4v) is 2.98. The standard InChI is InChI=1S/C15H28N4O3/c1-11(2)16-15(21)17-14(20)12(3)18-5-7-19(8-6-18)13-4-9-22-10-13/h11-13H,4-10H2,1-3H3,(H2,16,17,20,21)/t12-,13+/m0/s1. The number of imide groups is 1. The average molecular weight is 312 g/mol. The molecule has 0 spiro atoms. The zero-order valence-electron chi connectivity index (χ0n) is 13.8. The molecule has 0 aliphatic carbocycles. The molecule has 0 bridgehead atoms. The molecule has 2 fully saturated rings. The first-order valence-electron chi connectivity index (χ1n) is 8.14. The highest BCUT2D eigenvalue weighted by Crippen LogP contribution is 2.15. The van der Waals surface area contributed by atoms with Gasteiger partial charge in [-0.05, 0) is 27.2 Å². The van der Waals surface area contributed by atoms with Gasteiger partial charge >= 0.3 is 6.03 Å². The van der Waals surface area contributed by atoms with Gasteiger partial charge in [0, 0.05) is 44.9 Å². The van der Waals surface area contributed by atoms with Crippen LogP contribution in [0.15, 0.2) is 0 Å². The van der Waals surface area contributed by atoms with E-state index in [0.29, 0.717) is 6.04 Å². The van der Waals surface area contributed by atoms with E-state index in [-0.39, 0.29) is 18.0 Å². The molecule has 7 heteroatoms. The van der Waals surface area contributed by atoms with E-state index in [1.165, 1.54) is 0 Å². The predicted molar refractivity (Wildman–Crippen MR) is 83.6 cm³/mol. The lowest BCUT2D eigenvalue weighted by Gasteiger charge is -2.39. The summed E-state index contributed by atoms with van der Waals surface area (Å²) in [5, 5.41) is 5.07. The first kappa shape index (κ1) is 17.2. The Kier molecular flexibility index (Phi) is 6.16. The maximum absolute atomic E-state index is 12.1. The summed E-state index contributed by atoms with van der Waals surface area (Å²) in [4.78, 5) is 28.3. The SMILES string of the molecule is CC(C)NC(=O)NC(=O)[C@H](C)N1CCN([C@@H]2CCOC2)CC1. The molecule has 2 heterocycles. The van der Waals surface area contributed by atoms with Crippen molar-refractivity contribution < 1.29 is 14.3 Å². The van der Waals surface area contributed by atoms with Gasteiger partial charge in [0.2, 0.25) is 5.91 Å². The van der Waals surface area contributed by atoms with Crippen LogP contribution in [0.25, 0.3) is 0 Å². The van der Waals surface area contributed by atoms with Gasteiger partial charge in [-0.25, -0.2) is 4.79 Å². The van der Waals surface area contributed by atoms with Gasteiger partial charge in [-0.15, -0.1) is 0 Å². The highest BCUT2D eigenvalue weighted by atomic mass is 16.5. The van der Waals surface area contributed by atoms with Crippen LogP contribution in [0.1, 0.15) is 27.2 Å². The van der Waals surface area contributed by atoms with Crippen molar-refractivity contribution >= 4 is 11.9 Å². The average Bonchev–Trinajstić information content (AvgIpc) is 2.99. The van der Waals surface area contributed by atoms with Crippen LogP contribution in [0, 0.1) is 0 Å². The second kappa shape index (κ2) is 7.89. The summed E-state index contributed by atoms with van der Waals surface area (Å²) in [5.41, 5.74) is 0. The summed E-state index contributed by atoms with van der Waals surface area (Å²) >= 11 is 0. The van der Waals surface area contributed by atoms with Crippen molar-refractivity contribution in [2.45, 2.75) is 45.3 Å². The third kappa shape index (κ3) is 4.66. The van der Waals surface area contributed by atoms with Crippen molar-refractivity contribution in [2.24, 2.45) is 0 Å². The lowest BCUT2D eigenvalue weighted by atomic mass is 10.1. The Morgan fingerprint density at radius 2 is 1.82 bits per heavy atom. The Balaban J connectivity index is 1.75. The van der Waals surface area contributed by atoms with Gasteiger partial charge in [0.1, 0.15) is 0 Å². The molecule has 2 aliphatic heterocycles. The normalized spacial score (nSPS) is 25.2. The minimum atomic E-state index is -0.423. The lowest BCUT2D eigenvalue weighted by Crippen LogP contribution is -2.57. The predicted octanol–water partition coefficient (Wildman–Crippen LogP) is 0.0156. The summed E-state index contributed by atoms with van der Waals surface area (Å²) in [6, 6.07) is -0.170. The Labute approximate surface area is 132 Å². The topological polar surface area (TPSA) is 73.9 Å². The molecular weight excluding hydrogens is 284 g/mol. The Morgan fingerprint density at radius 3 is 2.36 bits per heavy atom. The highest BCUT2D eigenvalue weighted by molar-refractivity contribution is 5.96. The molecule has 0 aromatic heterocycles. The molecule has 22 heavy (non-hydrogen) atoms. The number of rotatable bonds is 4. The van der Waals surface area contributed by atoms with E-state index in [1.807, 2.05) is 20.8 Å². The molecule has 7 nitrogen and oxygen atoms in total. The maximum Gasteiger partial charge on any atom is 0.321 e. The van der Waals surface area contributed by atoms with E-state index in [1.54, 1.807) is 0 Å². The zero-order valence-corrected chi connectivity index (χ0v) is 13.8. The summed E-state index contributed by atoms with van der Waals surface area (Å²) in [6.45, 7) is 10.8. The number of carbonyl (C=O) groups is 2. The molecule has 0 unspecified atom stereocenters. The molecule has 0 aromatic rings. The number of piperazine rings is 1. The monoisotopic (exact) mass is 312 g/mol. The van der Waals surface area contributed by atoms with Gasteiger partial charge in [0.25, 0.3) is 0 Å². The molecule has 3 amide bonds. The quantitative estimate of drug-likeness (QED) is 0.765. The fraction of sp³-hybridized carbons (Fsp3) is 0.867. The molecule has 0 saturated carbocycles. The van der Waals surface area contributed by atoms with Crippen LogP contribution >= 0.6 is 0 Å². The Hall–Kier alpha value is -1.18. The smallest absolute Gasteiger partial charge is 0.321 e. The van der Waals surface area contributed by atoms with Crippen LogP contribution in [-0.4, -0.2) is 79.3 Å².